The molecule has 160 valence electrons. The lowest BCUT2D eigenvalue weighted by atomic mass is 10.1. The van der Waals surface area contributed by atoms with Crippen LogP contribution >= 0.6 is 0 Å². The van der Waals surface area contributed by atoms with Crippen LogP contribution in [0.25, 0.3) is 10.9 Å². The van der Waals surface area contributed by atoms with Gasteiger partial charge in [-0.2, -0.15) is 0 Å². The number of aromatic nitrogens is 2. The van der Waals surface area contributed by atoms with E-state index in [-0.39, 0.29) is 30.5 Å². The van der Waals surface area contributed by atoms with E-state index in [0.717, 1.165) is 17.4 Å². The topological polar surface area (TPSA) is 99.4 Å². The summed E-state index contributed by atoms with van der Waals surface area (Å²) < 4.78 is 8.06. The molecule has 2 aromatic carbocycles. The third-order valence-corrected chi connectivity index (χ3v) is 5.42. The Kier molecular flexibility index (Phi) is 5.81. The van der Waals surface area contributed by atoms with Gasteiger partial charge in [0.25, 0.3) is 5.56 Å². The van der Waals surface area contributed by atoms with Crippen molar-refractivity contribution in [1.82, 2.24) is 9.13 Å². The number of nitrogens with one attached hydrogen (secondary N) is 1. The number of Topliss-reactive ketones (excluding diaryl/α,β-unsaturated/α-hetero) is 1. The van der Waals surface area contributed by atoms with Crippen LogP contribution in [0.3, 0.4) is 0 Å². The Labute approximate surface area is 178 Å². The van der Waals surface area contributed by atoms with Crippen molar-refractivity contribution in [3.8, 4) is 0 Å². The molecule has 1 aliphatic rings. The van der Waals surface area contributed by atoms with E-state index in [0.29, 0.717) is 28.8 Å². The Hall–Kier alpha value is -3.52. The van der Waals surface area contributed by atoms with E-state index in [1.54, 1.807) is 48.5 Å². The molecule has 0 saturated carbocycles. The molecule has 0 aliphatic carbocycles. The Morgan fingerprint density at radius 1 is 1.06 bits per heavy atom. The number of ether oxygens (including phenoxy) is 1. The van der Waals surface area contributed by atoms with Gasteiger partial charge in [-0.05, 0) is 56.2 Å². The minimum Gasteiger partial charge on any atom is -0.376 e. The number of anilines is 1. The van der Waals surface area contributed by atoms with E-state index in [9.17, 15) is 19.2 Å². The monoisotopic (exact) mass is 421 g/mol. The fourth-order valence-electron chi connectivity index (χ4n) is 3.81. The number of carbonyl (C=O) groups excluding carboxylic acids is 2. The van der Waals surface area contributed by atoms with Gasteiger partial charge in [-0.3, -0.25) is 23.5 Å². The second-order valence-electron chi connectivity index (χ2n) is 7.62. The molecule has 8 heteroatoms. The molecule has 1 aromatic heterocycles. The van der Waals surface area contributed by atoms with Crippen molar-refractivity contribution >= 4 is 28.3 Å². The van der Waals surface area contributed by atoms with Crippen molar-refractivity contribution in [3.63, 3.8) is 0 Å². The van der Waals surface area contributed by atoms with Crippen LogP contribution in [0.2, 0.25) is 0 Å². The average Bonchev–Trinajstić information content (AvgIpc) is 3.28. The van der Waals surface area contributed by atoms with Crippen molar-refractivity contribution in [2.45, 2.75) is 39.0 Å². The van der Waals surface area contributed by atoms with Gasteiger partial charge >= 0.3 is 5.69 Å². The van der Waals surface area contributed by atoms with Crippen molar-refractivity contribution < 1.29 is 14.3 Å². The van der Waals surface area contributed by atoms with Crippen LogP contribution in [0, 0.1) is 0 Å². The van der Waals surface area contributed by atoms with Gasteiger partial charge in [-0.25, -0.2) is 4.79 Å². The van der Waals surface area contributed by atoms with Crippen LogP contribution in [0.1, 0.15) is 30.1 Å². The lowest BCUT2D eigenvalue weighted by Gasteiger charge is -2.16. The molecule has 1 saturated heterocycles. The molecule has 1 amide bonds. The summed E-state index contributed by atoms with van der Waals surface area (Å²) in [6.07, 6.45) is 1.50. The van der Waals surface area contributed by atoms with Crippen LogP contribution in [-0.2, 0) is 22.6 Å². The Balaban J connectivity index is 1.65. The lowest BCUT2D eigenvalue weighted by molar-refractivity contribution is -0.116. The second-order valence-corrected chi connectivity index (χ2v) is 7.62. The van der Waals surface area contributed by atoms with Crippen molar-refractivity contribution in [2.24, 2.45) is 0 Å². The molecule has 0 radical (unpaired) electrons. The third kappa shape index (κ3) is 4.34. The molecule has 1 fully saturated rings. The van der Waals surface area contributed by atoms with Crippen molar-refractivity contribution in [2.75, 3.05) is 11.9 Å². The van der Waals surface area contributed by atoms with Gasteiger partial charge in [-0.1, -0.05) is 12.1 Å². The first-order valence-electron chi connectivity index (χ1n) is 10.2. The quantitative estimate of drug-likeness (QED) is 0.615. The summed E-state index contributed by atoms with van der Waals surface area (Å²) in [6.45, 7) is 2.00. The second kappa shape index (κ2) is 8.69. The molecule has 31 heavy (non-hydrogen) atoms. The highest BCUT2D eigenvalue weighted by atomic mass is 16.5. The standard InChI is InChI=1S/C23H23N3O5/c1-15(27)16-8-10-17(11-9-16)24-21(28)14-25-20-7-3-2-6-19(20)22(29)26(23(25)30)13-18-5-4-12-31-18/h2-3,6-11,18H,4-5,12-14H2,1H3,(H,24,28)/t18-/m1/s1. The van der Waals surface area contributed by atoms with E-state index in [4.69, 9.17) is 4.74 Å². The number of ketones is 1. The zero-order chi connectivity index (χ0) is 22.0. The van der Waals surface area contributed by atoms with Crippen LogP contribution in [-0.4, -0.2) is 33.5 Å². The van der Waals surface area contributed by atoms with Gasteiger partial charge in [0.1, 0.15) is 6.54 Å². The van der Waals surface area contributed by atoms with E-state index in [1.165, 1.54) is 11.5 Å². The highest BCUT2D eigenvalue weighted by molar-refractivity contribution is 5.95. The predicted octanol–water partition coefficient (Wildman–Crippen LogP) is 2.18. The number of nitrogens with zero attached hydrogens (tertiary/aromatic N) is 2. The summed E-state index contributed by atoms with van der Waals surface area (Å²) in [5.74, 6) is -0.477. The van der Waals surface area contributed by atoms with Gasteiger partial charge in [-0.15, -0.1) is 0 Å². The van der Waals surface area contributed by atoms with Crippen molar-refractivity contribution in [3.05, 3.63) is 74.9 Å². The van der Waals surface area contributed by atoms with Crippen LogP contribution in [0.4, 0.5) is 5.69 Å². The Morgan fingerprint density at radius 2 is 1.81 bits per heavy atom. The Morgan fingerprint density at radius 3 is 2.48 bits per heavy atom. The molecule has 0 bridgehead atoms. The first kappa shape index (κ1) is 20.7. The van der Waals surface area contributed by atoms with Gasteiger partial charge in [0, 0.05) is 17.9 Å². The number of para-hydroxylation sites is 1. The predicted molar refractivity (Wildman–Crippen MR) is 117 cm³/mol. The van der Waals surface area contributed by atoms with Gasteiger partial charge in [0.15, 0.2) is 5.78 Å². The number of amides is 1. The molecule has 8 nitrogen and oxygen atoms in total. The highest BCUT2D eigenvalue weighted by Crippen LogP contribution is 2.14. The largest absolute Gasteiger partial charge is 0.376 e. The molecular formula is C23H23N3O5. The summed E-state index contributed by atoms with van der Waals surface area (Å²) in [5.41, 5.74) is 0.540. The number of carbonyl (C=O) groups is 2. The summed E-state index contributed by atoms with van der Waals surface area (Å²) in [4.78, 5) is 50.2. The average molecular weight is 421 g/mol. The molecular weight excluding hydrogens is 398 g/mol. The number of rotatable bonds is 6. The van der Waals surface area contributed by atoms with Crippen LogP contribution < -0.4 is 16.6 Å². The first-order chi connectivity index (χ1) is 14.9. The molecule has 0 spiro atoms. The molecule has 0 unspecified atom stereocenters. The smallest absolute Gasteiger partial charge is 0.332 e. The van der Waals surface area contributed by atoms with E-state index in [2.05, 4.69) is 5.32 Å². The fraction of sp³-hybridized carbons (Fsp3) is 0.304. The van der Waals surface area contributed by atoms with Gasteiger partial charge in [0.2, 0.25) is 5.91 Å². The van der Waals surface area contributed by atoms with Gasteiger partial charge < -0.3 is 10.1 Å². The molecule has 2 heterocycles. The minimum absolute atomic E-state index is 0.0654. The van der Waals surface area contributed by atoms with E-state index >= 15 is 0 Å². The SMILES string of the molecule is CC(=O)c1ccc(NC(=O)Cn2c(=O)n(C[C@H]3CCCO3)c(=O)c3ccccc32)cc1. The number of hydrogen-bond acceptors (Lipinski definition) is 5. The zero-order valence-corrected chi connectivity index (χ0v) is 17.2. The van der Waals surface area contributed by atoms with E-state index in [1.807, 2.05) is 0 Å². The number of hydrogen-bond donors (Lipinski definition) is 1. The summed E-state index contributed by atoms with van der Waals surface area (Å²) in [7, 11) is 0. The highest BCUT2D eigenvalue weighted by Gasteiger charge is 2.21. The first-order valence-corrected chi connectivity index (χ1v) is 10.2. The maximum absolute atomic E-state index is 13.2. The maximum Gasteiger partial charge on any atom is 0.332 e. The molecule has 1 aliphatic heterocycles. The minimum atomic E-state index is -0.540. The summed E-state index contributed by atoms with van der Waals surface area (Å²) >= 11 is 0. The molecule has 3 aromatic rings. The van der Waals surface area contributed by atoms with Crippen LogP contribution in [0.5, 0.6) is 0 Å². The normalized spacial score (nSPS) is 15.8. The maximum atomic E-state index is 13.2. The number of fused-ring (bicyclic) bond motifs is 1. The molecule has 1 atom stereocenters. The van der Waals surface area contributed by atoms with Crippen molar-refractivity contribution in [1.29, 1.82) is 0 Å². The van der Waals surface area contributed by atoms with E-state index < -0.39 is 11.6 Å². The number of benzene rings is 2. The van der Waals surface area contributed by atoms with Gasteiger partial charge in [0.05, 0.1) is 23.6 Å². The summed E-state index contributed by atoms with van der Waals surface area (Å²) in [6, 6.07) is 13.3. The fourth-order valence-corrected chi connectivity index (χ4v) is 3.81. The Bertz CT molecular complexity index is 1250. The molecule has 1 N–H and O–H groups in total. The van der Waals surface area contributed by atoms with Crippen LogP contribution in [0.15, 0.2) is 58.1 Å². The zero-order valence-electron chi connectivity index (χ0n) is 17.2. The lowest BCUT2D eigenvalue weighted by Crippen LogP contribution is -2.43. The summed E-state index contributed by atoms with van der Waals surface area (Å²) in [5, 5.41) is 3.11. The molecule has 4 rings (SSSR count). The third-order valence-electron chi connectivity index (χ3n) is 5.42.